The molecule has 1 heterocycles. The fourth-order valence-electron chi connectivity index (χ4n) is 4.81. The number of ether oxygens (including phenoxy) is 2. The first kappa shape index (κ1) is 37.1. The van der Waals surface area contributed by atoms with E-state index in [2.05, 4.69) is 12.2 Å². The monoisotopic (exact) mass is 581 g/mol. The molecular weight excluding hydrogens is 526 g/mol. The van der Waals surface area contributed by atoms with Crippen LogP contribution in [0.5, 0.6) is 0 Å². The van der Waals surface area contributed by atoms with Crippen molar-refractivity contribution in [2.24, 2.45) is 0 Å². The molecule has 12 heteroatoms. The summed E-state index contributed by atoms with van der Waals surface area (Å²) in [5.74, 6) is -0.908. The van der Waals surface area contributed by atoms with Crippen molar-refractivity contribution in [3.8, 4) is 0 Å². The van der Waals surface area contributed by atoms with E-state index in [0.717, 1.165) is 19.3 Å². The van der Waals surface area contributed by atoms with E-state index >= 15 is 0 Å². The van der Waals surface area contributed by atoms with Gasteiger partial charge in [0.15, 0.2) is 12.4 Å². The first-order chi connectivity index (χ1) is 19.2. The molecule has 0 aromatic carbocycles. The van der Waals surface area contributed by atoms with E-state index in [0.29, 0.717) is 6.42 Å². The maximum absolute atomic E-state index is 12.4. The van der Waals surface area contributed by atoms with Crippen LogP contribution < -0.4 is 5.32 Å². The lowest BCUT2D eigenvalue weighted by Crippen LogP contribution is -2.62. The van der Waals surface area contributed by atoms with Crippen molar-refractivity contribution in [3.05, 3.63) is 0 Å². The van der Waals surface area contributed by atoms with E-state index in [-0.39, 0.29) is 6.54 Å². The number of amides is 1. The molecule has 0 spiro atoms. The maximum atomic E-state index is 12.4. The van der Waals surface area contributed by atoms with Crippen LogP contribution in [0.4, 0.5) is 0 Å². The number of nitrogens with one attached hydrogen (secondary N) is 1. The maximum Gasteiger partial charge on any atom is 0.251 e. The second kappa shape index (κ2) is 21.7. The summed E-state index contributed by atoms with van der Waals surface area (Å²) in [6, 6.07) is 0. The van der Waals surface area contributed by atoms with Gasteiger partial charge in [-0.3, -0.25) is 4.79 Å². The van der Waals surface area contributed by atoms with Gasteiger partial charge in [0.2, 0.25) is 0 Å². The van der Waals surface area contributed by atoms with Gasteiger partial charge in [0, 0.05) is 6.54 Å². The molecule has 40 heavy (non-hydrogen) atoms. The second-order valence-corrected chi connectivity index (χ2v) is 10.9. The molecule has 0 aromatic rings. The van der Waals surface area contributed by atoms with Gasteiger partial charge in [0.05, 0.1) is 13.2 Å². The van der Waals surface area contributed by atoms with Crippen LogP contribution in [0.2, 0.25) is 0 Å². The zero-order chi connectivity index (χ0) is 29.9. The summed E-state index contributed by atoms with van der Waals surface area (Å²) in [6.07, 6.45) is 0.720. The molecule has 9 N–H and O–H groups in total. The van der Waals surface area contributed by atoms with Crippen LogP contribution >= 0.6 is 0 Å². The average molecular weight is 582 g/mol. The zero-order valence-corrected chi connectivity index (χ0v) is 24.0. The van der Waals surface area contributed by atoms with Gasteiger partial charge in [0.25, 0.3) is 5.91 Å². The van der Waals surface area contributed by atoms with Crippen molar-refractivity contribution >= 4 is 5.91 Å². The lowest BCUT2D eigenvalue weighted by atomic mass is 9.98. The quantitative estimate of drug-likeness (QED) is 0.0724. The minimum atomic E-state index is -2.04. The topological polar surface area (TPSA) is 209 Å². The highest BCUT2D eigenvalue weighted by atomic mass is 16.7. The number of carbonyl (C=O) groups is 1. The lowest BCUT2D eigenvalue weighted by Gasteiger charge is -2.42. The molecule has 12 nitrogen and oxygen atoms in total. The molecule has 0 saturated carbocycles. The third-order valence-corrected chi connectivity index (χ3v) is 7.46. The SMILES string of the molecule is CCCCCCCCCCCCCCCCNC(=O)[C@H](O)[C@@H](O)[C@H](O[C@H]1OC(CO)[C@@H](O)C(O)C1O)[C@H](O)CO. The molecule has 0 radical (unpaired) electrons. The van der Waals surface area contributed by atoms with Gasteiger partial charge in [-0.1, -0.05) is 90.4 Å². The Balaban J connectivity index is 2.32. The normalized spacial score (nSPS) is 26.3. The Morgan fingerprint density at radius 3 is 1.75 bits per heavy atom. The van der Waals surface area contributed by atoms with Crippen molar-refractivity contribution in [1.82, 2.24) is 5.32 Å². The number of aliphatic hydroxyl groups excluding tert-OH is 8. The summed E-state index contributed by atoms with van der Waals surface area (Å²) < 4.78 is 10.5. The molecule has 0 aliphatic carbocycles. The fraction of sp³-hybridized carbons (Fsp3) is 0.964. The van der Waals surface area contributed by atoms with Crippen LogP contribution in [0.15, 0.2) is 0 Å². The van der Waals surface area contributed by atoms with Gasteiger partial charge in [0.1, 0.15) is 42.7 Å². The predicted octanol–water partition coefficient (Wildman–Crippen LogP) is -0.156. The van der Waals surface area contributed by atoms with E-state index < -0.39 is 74.2 Å². The van der Waals surface area contributed by atoms with Gasteiger partial charge in [-0.2, -0.15) is 0 Å². The van der Waals surface area contributed by atoms with Crippen LogP contribution in [0.1, 0.15) is 96.8 Å². The molecule has 238 valence electrons. The van der Waals surface area contributed by atoms with Crippen molar-refractivity contribution in [1.29, 1.82) is 0 Å². The summed E-state index contributed by atoms with van der Waals surface area (Å²) in [6.45, 7) is 0.853. The summed E-state index contributed by atoms with van der Waals surface area (Å²) in [5.41, 5.74) is 0. The summed E-state index contributed by atoms with van der Waals surface area (Å²) >= 11 is 0. The Hall–Kier alpha value is -0.930. The third-order valence-electron chi connectivity index (χ3n) is 7.46. The molecule has 1 rings (SSSR count). The Morgan fingerprint density at radius 2 is 1.27 bits per heavy atom. The Bertz CT molecular complexity index is 641. The molecule has 0 aromatic heterocycles. The lowest BCUT2D eigenvalue weighted by molar-refractivity contribution is -0.326. The van der Waals surface area contributed by atoms with Gasteiger partial charge in [-0.05, 0) is 6.42 Å². The second-order valence-electron chi connectivity index (χ2n) is 10.9. The zero-order valence-electron chi connectivity index (χ0n) is 24.0. The number of rotatable bonds is 23. The van der Waals surface area contributed by atoms with Crippen molar-refractivity contribution < 1.29 is 55.1 Å². The highest BCUT2D eigenvalue weighted by Crippen LogP contribution is 2.25. The van der Waals surface area contributed by atoms with Crippen LogP contribution in [0.3, 0.4) is 0 Å². The minimum Gasteiger partial charge on any atom is -0.394 e. The van der Waals surface area contributed by atoms with Gasteiger partial charge < -0.3 is 55.6 Å². The predicted molar refractivity (Wildman–Crippen MR) is 147 cm³/mol. The number of unbranched alkanes of at least 4 members (excludes halogenated alkanes) is 13. The number of hydrogen-bond acceptors (Lipinski definition) is 11. The average Bonchev–Trinajstić information content (AvgIpc) is 2.96. The number of carbonyl (C=O) groups excluding carboxylic acids is 1. The molecule has 3 unspecified atom stereocenters. The number of hydrogen-bond donors (Lipinski definition) is 9. The number of aliphatic hydroxyl groups is 8. The Labute approximate surface area is 238 Å². The van der Waals surface area contributed by atoms with Gasteiger partial charge >= 0.3 is 0 Å². The van der Waals surface area contributed by atoms with Crippen molar-refractivity contribution in [2.75, 3.05) is 19.8 Å². The summed E-state index contributed by atoms with van der Waals surface area (Å²) in [7, 11) is 0. The molecule has 0 bridgehead atoms. The third kappa shape index (κ3) is 13.4. The standard InChI is InChI=1S/C28H55NO11/c1-2-3-4-5-6-7-8-9-10-11-12-13-14-15-16-29-27(38)24(36)23(35)26(19(32)17-30)40-28-25(37)22(34)21(33)20(18-31)39-28/h19-26,28,30-37H,2-18H2,1H3,(H,29,38)/t19-,20?,21-,22?,23-,24-,25?,26-,28-/m1/s1. The smallest absolute Gasteiger partial charge is 0.251 e. The van der Waals surface area contributed by atoms with Gasteiger partial charge in [-0.15, -0.1) is 0 Å². The molecule has 9 atom stereocenters. The van der Waals surface area contributed by atoms with E-state index in [1.54, 1.807) is 0 Å². The Morgan fingerprint density at radius 1 is 0.775 bits per heavy atom. The summed E-state index contributed by atoms with van der Waals surface area (Å²) in [5, 5.41) is 82.1. The molecule has 1 fully saturated rings. The van der Waals surface area contributed by atoms with Crippen LogP contribution in [-0.2, 0) is 14.3 Å². The van der Waals surface area contributed by atoms with Crippen molar-refractivity contribution in [3.63, 3.8) is 0 Å². The Kier molecular flexibility index (Phi) is 20.1. The van der Waals surface area contributed by atoms with E-state index in [1.807, 2.05) is 0 Å². The molecule has 1 saturated heterocycles. The highest BCUT2D eigenvalue weighted by molar-refractivity contribution is 5.81. The van der Waals surface area contributed by atoms with Crippen LogP contribution in [0.25, 0.3) is 0 Å². The van der Waals surface area contributed by atoms with E-state index in [4.69, 9.17) is 9.47 Å². The highest BCUT2D eigenvalue weighted by Gasteiger charge is 2.47. The molecule has 1 amide bonds. The fourth-order valence-corrected chi connectivity index (χ4v) is 4.81. The first-order valence-corrected chi connectivity index (χ1v) is 15.1. The van der Waals surface area contributed by atoms with Crippen LogP contribution in [-0.4, -0.2) is 122 Å². The molecule has 1 aliphatic heterocycles. The van der Waals surface area contributed by atoms with Crippen molar-refractivity contribution in [2.45, 2.75) is 152 Å². The molecular formula is C28H55NO11. The van der Waals surface area contributed by atoms with Crippen LogP contribution in [0, 0.1) is 0 Å². The largest absolute Gasteiger partial charge is 0.394 e. The van der Waals surface area contributed by atoms with Gasteiger partial charge in [-0.25, -0.2) is 0 Å². The molecule has 1 aliphatic rings. The van der Waals surface area contributed by atoms with E-state index in [1.165, 1.54) is 64.2 Å². The summed E-state index contributed by atoms with van der Waals surface area (Å²) in [4.78, 5) is 12.4. The van der Waals surface area contributed by atoms with E-state index in [9.17, 15) is 45.6 Å². The first-order valence-electron chi connectivity index (χ1n) is 15.1. The minimum absolute atomic E-state index is 0.279.